The third-order valence-corrected chi connectivity index (χ3v) is 5.20. The van der Waals surface area contributed by atoms with Crippen molar-refractivity contribution in [3.8, 4) is 5.75 Å². The zero-order chi connectivity index (χ0) is 19.5. The summed E-state index contributed by atoms with van der Waals surface area (Å²) in [4.78, 5) is 15.6. The minimum Gasteiger partial charge on any atom is -0.497 e. The predicted octanol–water partition coefficient (Wildman–Crippen LogP) is 5.29. The van der Waals surface area contributed by atoms with Crippen LogP contribution in [0.15, 0.2) is 78.9 Å². The molecule has 4 heteroatoms. The molecule has 0 radical (unpaired) electrons. The molecular weight excluding hydrogens is 348 g/mol. The van der Waals surface area contributed by atoms with Crippen molar-refractivity contribution in [1.29, 1.82) is 0 Å². The van der Waals surface area contributed by atoms with Crippen LogP contribution < -0.4 is 15.0 Å². The smallest absolute Gasteiger partial charge is 0.258 e. The van der Waals surface area contributed by atoms with E-state index in [1.54, 1.807) is 7.11 Å². The van der Waals surface area contributed by atoms with E-state index in [9.17, 15) is 4.79 Å². The van der Waals surface area contributed by atoms with E-state index in [0.717, 1.165) is 29.1 Å². The number of hydrogen-bond acceptors (Lipinski definition) is 3. The van der Waals surface area contributed by atoms with Gasteiger partial charge in [-0.25, -0.2) is 0 Å². The Balaban J connectivity index is 1.79. The van der Waals surface area contributed by atoms with Gasteiger partial charge in [0.25, 0.3) is 5.91 Å². The average Bonchev–Trinajstić information content (AvgIpc) is 2.74. The molecule has 1 heterocycles. The Morgan fingerprint density at radius 2 is 1.64 bits per heavy atom. The second-order valence-corrected chi connectivity index (χ2v) is 7.12. The maximum atomic E-state index is 13.6. The molecule has 0 saturated carbocycles. The fraction of sp³-hybridized carbons (Fsp3) is 0.208. The van der Waals surface area contributed by atoms with Crippen LogP contribution in [0.1, 0.15) is 35.3 Å². The van der Waals surface area contributed by atoms with Gasteiger partial charge in [0.05, 0.1) is 13.2 Å². The van der Waals surface area contributed by atoms with Gasteiger partial charge in [-0.15, -0.1) is 0 Å². The molecular formula is C24H24N2O2. The summed E-state index contributed by atoms with van der Waals surface area (Å²) in [7, 11) is 1.63. The number of fused-ring (bicyclic) bond motifs is 1. The van der Waals surface area contributed by atoms with E-state index in [0.29, 0.717) is 5.56 Å². The summed E-state index contributed by atoms with van der Waals surface area (Å²) in [6, 6.07) is 25.7. The number of carbonyl (C=O) groups is 1. The Kier molecular flexibility index (Phi) is 5.02. The summed E-state index contributed by atoms with van der Waals surface area (Å²) in [6.07, 6.45) is 0.841. The first kappa shape index (κ1) is 18.1. The highest BCUT2D eigenvalue weighted by Crippen LogP contribution is 2.39. The van der Waals surface area contributed by atoms with E-state index >= 15 is 0 Å². The zero-order valence-corrected chi connectivity index (χ0v) is 16.1. The topological polar surface area (TPSA) is 41.6 Å². The molecule has 1 amide bonds. The second-order valence-electron chi connectivity index (χ2n) is 7.12. The summed E-state index contributed by atoms with van der Waals surface area (Å²) in [5.74, 6) is 0.728. The van der Waals surface area contributed by atoms with E-state index < -0.39 is 0 Å². The number of amides is 1. The molecule has 1 aliphatic rings. The van der Waals surface area contributed by atoms with Gasteiger partial charge in [0.2, 0.25) is 0 Å². The molecule has 3 aromatic carbocycles. The third-order valence-electron chi connectivity index (χ3n) is 5.20. The van der Waals surface area contributed by atoms with Crippen LogP contribution in [0.4, 0.5) is 11.4 Å². The number of rotatable bonds is 4. The first-order valence-electron chi connectivity index (χ1n) is 9.55. The largest absolute Gasteiger partial charge is 0.497 e. The summed E-state index contributed by atoms with van der Waals surface area (Å²) < 4.78 is 5.24. The van der Waals surface area contributed by atoms with Crippen LogP contribution in [0.3, 0.4) is 0 Å². The van der Waals surface area contributed by atoms with E-state index in [2.05, 4.69) is 24.4 Å². The monoisotopic (exact) mass is 372 g/mol. The predicted molar refractivity (Wildman–Crippen MR) is 113 cm³/mol. The second kappa shape index (κ2) is 7.77. The summed E-state index contributed by atoms with van der Waals surface area (Å²) in [6.45, 7) is 2.16. The lowest BCUT2D eigenvalue weighted by atomic mass is 9.91. The number of benzene rings is 3. The molecule has 142 valence electrons. The minimum absolute atomic E-state index is 0.0113. The molecule has 0 saturated heterocycles. The van der Waals surface area contributed by atoms with Crippen LogP contribution in [-0.2, 0) is 0 Å². The Morgan fingerprint density at radius 1 is 0.964 bits per heavy atom. The van der Waals surface area contributed by atoms with Crippen molar-refractivity contribution in [3.05, 3.63) is 90.0 Å². The fourth-order valence-corrected chi connectivity index (χ4v) is 3.85. The Labute approximate surface area is 165 Å². The SMILES string of the molecule is COc1ccc(C(=O)N(c2ccccc2)[C@H]2C[C@@H](C)Nc3ccccc32)cc1. The Bertz CT molecular complexity index is 954. The van der Waals surface area contributed by atoms with Crippen molar-refractivity contribution in [2.24, 2.45) is 0 Å². The number of anilines is 2. The molecule has 4 nitrogen and oxygen atoms in total. The third kappa shape index (κ3) is 3.46. The van der Waals surface area contributed by atoms with Crippen molar-refractivity contribution >= 4 is 17.3 Å². The maximum absolute atomic E-state index is 13.6. The van der Waals surface area contributed by atoms with Crippen LogP contribution in [0, 0.1) is 0 Å². The number of nitrogens with zero attached hydrogens (tertiary/aromatic N) is 1. The van der Waals surface area contributed by atoms with Crippen LogP contribution in [-0.4, -0.2) is 19.1 Å². The van der Waals surface area contributed by atoms with Gasteiger partial charge in [0.15, 0.2) is 0 Å². The van der Waals surface area contributed by atoms with Gasteiger partial charge in [0, 0.05) is 23.0 Å². The molecule has 0 unspecified atom stereocenters. The number of para-hydroxylation sites is 2. The number of methoxy groups -OCH3 is 1. The van der Waals surface area contributed by atoms with Gasteiger partial charge in [0.1, 0.15) is 5.75 Å². The van der Waals surface area contributed by atoms with E-state index in [1.165, 1.54) is 0 Å². The van der Waals surface area contributed by atoms with Crippen molar-refractivity contribution in [2.75, 3.05) is 17.3 Å². The number of ether oxygens (including phenoxy) is 1. The van der Waals surface area contributed by atoms with Gasteiger partial charge in [-0.1, -0.05) is 36.4 Å². The molecule has 1 aliphatic heterocycles. The van der Waals surface area contributed by atoms with Gasteiger partial charge < -0.3 is 15.0 Å². The minimum atomic E-state index is -0.0375. The van der Waals surface area contributed by atoms with Gasteiger partial charge in [-0.3, -0.25) is 4.79 Å². The van der Waals surface area contributed by atoms with Gasteiger partial charge >= 0.3 is 0 Å². The highest BCUT2D eigenvalue weighted by molar-refractivity contribution is 6.06. The summed E-state index contributed by atoms with van der Waals surface area (Å²) >= 11 is 0. The van der Waals surface area contributed by atoms with Crippen LogP contribution in [0.25, 0.3) is 0 Å². The average molecular weight is 372 g/mol. The summed E-state index contributed by atoms with van der Waals surface area (Å²) in [5, 5.41) is 3.54. The normalized spacial score (nSPS) is 17.9. The lowest BCUT2D eigenvalue weighted by Gasteiger charge is -2.39. The Morgan fingerprint density at radius 3 is 2.36 bits per heavy atom. The lowest BCUT2D eigenvalue weighted by molar-refractivity contribution is 0.0974. The lowest BCUT2D eigenvalue weighted by Crippen LogP contribution is -2.40. The quantitative estimate of drug-likeness (QED) is 0.677. The maximum Gasteiger partial charge on any atom is 0.258 e. The van der Waals surface area contributed by atoms with E-state index in [1.807, 2.05) is 71.6 Å². The molecule has 1 N–H and O–H groups in total. The molecule has 0 fully saturated rings. The van der Waals surface area contributed by atoms with E-state index in [-0.39, 0.29) is 18.0 Å². The molecule has 4 rings (SSSR count). The van der Waals surface area contributed by atoms with Crippen molar-refractivity contribution in [1.82, 2.24) is 0 Å². The molecule has 0 aliphatic carbocycles. The van der Waals surface area contributed by atoms with E-state index in [4.69, 9.17) is 4.74 Å². The molecule has 0 aromatic heterocycles. The number of carbonyl (C=O) groups excluding carboxylic acids is 1. The fourth-order valence-electron chi connectivity index (χ4n) is 3.85. The van der Waals surface area contributed by atoms with Crippen molar-refractivity contribution in [2.45, 2.75) is 25.4 Å². The first-order chi connectivity index (χ1) is 13.7. The molecule has 0 bridgehead atoms. The highest BCUT2D eigenvalue weighted by atomic mass is 16.5. The molecule has 3 aromatic rings. The molecule has 28 heavy (non-hydrogen) atoms. The molecule has 0 spiro atoms. The summed E-state index contributed by atoms with van der Waals surface area (Å²) in [5.41, 5.74) is 3.78. The van der Waals surface area contributed by atoms with Gasteiger partial charge in [-0.2, -0.15) is 0 Å². The standard InChI is InChI=1S/C24H24N2O2/c1-17-16-23(21-10-6-7-11-22(21)25-17)26(19-8-4-3-5-9-19)24(27)18-12-14-20(28-2)15-13-18/h3-15,17,23,25H,16H2,1-2H3/t17-,23+/m1/s1. The van der Waals surface area contributed by atoms with Crippen molar-refractivity contribution < 1.29 is 9.53 Å². The Hall–Kier alpha value is -3.27. The van der Waals surface area contributed by atoms with Crippen molar-refractivity contribution in [3.63, 3.8) is 0 Å². The first-order valence-corrected chi connectivity index (χ1v) is 9.55. The van der Waals surface area contributed by atoms with Crippen LogP contribution >= 0.6 is 0 Å². The zero-order valence-electron chi connectivity index (χ0n) is 16.1. The number of hydrogen-bond donors (Lipinski definition) is 1. The molecule has 2 atom stereocenters. The van der Waals surface area contributed by atoms with Gasteiger partial charge in [-0.05, 0) is 61.4 Å². The number of nitrogens with one attached hydrogen (secondary N) is 1. The highest BCUT2D eigenvalue weighted by Gasteiger charge is 2.33. The van der Waals surface area contributed by atoms with Crippen LogP contribution in [0.2, 0.25) is 0 Å². The van der Waals surface area contributed by atoms with Crippen LogP contribution in [0.5, 0.6) is 5.75 Å².